The molecule has 0 aliphatic heterocycles. The number of ether oxygens (including phenoxy) is 1. The van der Waals surface area contributed by atoms with E-state index in [0.717, 1.165) is 0 Å². The summed E-state index contributed by atoms with van der Waals surface area (Å²) in [7, 11) is 0. The Kier molecular flexibility index (Phi) is 3.18. The van der Waals surface area contributed by atoms with Crippen molar-refractivity contribution in [1.82, 2.24) is 4.98 Å². The quantitative estimate of drug-likeness (QED) is 0.557. The maximum absolute atomic E-state index is 11.4. The number of nitrogens with two attached hydrogens (primary N) is 1. The highest BCUT2D eigenvalue weighted by atomic mass is 32.1. The van der Waals surface area contributed by atoms with E-state index in [2.05, 4.69) is 22.9 Å². The van der Waals surface area contributed by atoms with Crippen LogP contribution in [-0.4, -0.2) is 16.7 Å². The molecule has 4 N–H and O–H groups in total. The van der Waals surface area contributed by atoms with Gasteiger partial charge in [-0.1, -0.05) is 0 Å². The normalized spacial score (nSPS) is 11.2. The Hall–Kier alpha value is -1.30. The van der Waals surface area contributed by atoms with Gasteiger partial charge in [-0.25, -0.2) is 4.79 Å². The zero-order chi connectivity index (χ0) is 11.6. The Morgan fingerprint density at radius 2 is 2.20 bits per heavy atom. The van der Waals surface area contributed by atoms with E-state index in [1.54, 1.807) is 26.8 Å². The van der Waals surface area contributed by atoms with Crippen molar-refractivity contribution in [2.24, 2.45) is 0 Å². The maximum Gasteiger partial charge on any atom is 0.412 e. The second-order valence-corrected chi connectivity index (χ2v) is 4.56. The number of anilines is 2. The lowest BCUT2D eigenvalue weighted by Crippen LogP contribution is -2.27. The number of carbonyl (C=O) groups excluding carboxylic acids is 1. The number of aromatic nitrogens is 1. The average molecular weight is 229 g/mol. The monoisotopic (exact) mass is 229 g/mol. The first-order valence-corrected chi connectivity index (χ1v) is 4.90. The van der Waals surface area contributed by atoms with Crippen molar-refractivity contribution in [2.75, 3.05) is 11.1 Å². The van der Waals surface area contributed by atoms with Crippen LogP contribution < -0.4 is 11.1 Å². The molecule has 1 heterocycles. The smallest absolute Gasteiger partial charge is 0.412 e. The van der Waals surface area contributed by atoms with E-state index in [0.29, 0.717) is 16.5 Å². The van der Waals surface area contributed by atoms with Gasteiger partial charge in [0.15, 0.2) is 0 Å². The molecule has 0 unspecified atom stereocenters. The Morgan fingerprint density at radius 3 is 2.60 bits per heavy atom. The van der Waals surface area contributed by atoms with Crippen LogP contribution in [0.1, 0.15) is 20.8 Å². The van der Waals surface area contributed by atoms with Gasteiger partial charge in [0, 0.05) is 6.07 Å². The van der Waals surface area contributed by atoms with Gasteiger partial charge in [-0.3, -0.25) is 5.32 Å². The number of aromatic amines is 1. The van der Waals surface area contributed by atoms with Crippen molar-refractivity contribution in [2.45, 2.75) is 31.4 Å². The Labute approximate surface area is 93.8 Å². The number of thiol groups is 1. The summed E-state index contributed by atoms with van der Waals surface area (Å²) in [5.41, 5.74) is 5.47. The predicted octanol–water partition coefficient (Wildman–Crippen LogP) is 2.23. The van der Waals surface area contributed by atoms with Crippen molar-refractivity contribution in [3.8, 4) is 0 Å². The molecule has 0 saturated carbocycles. The Morgan fingerprint density at radius 1 is 1.60 bits per heavy atom. The molecule has 15 heavy (non-hydrogen) atoms. The van der Waals surface area contributed by atoms with Crippen LogP contribution in [0.2, 0.25) is 0 Å². The van der Waals surface area contributed by atoms with Gasteiger partial charge in [-0.15, -0.1) is 12.6 Å². The van der Waals surface area contributed by atoms with Crippen LogP contribution in [0.3, 0.4) is 0 Å². The number of nitrogens with one attached hydrogen (secondary N) is 2. The van der Waals surface area contributed by atoms with Gasteiger partial charge in [0.2, 0.25) is 0 Å². The average Bonchev–Trinajstić information content (AvgIpc) is 2.25. The summed E-state index contributed by atoms with van der Waals surface area (Å²) < 4.78 is 5.07. The molecule has 0 aromatic carbocycles. The predicted molar refractivity (Wildman–Crippen MR) is 62.3 cm³/mol. The molecule has 1 amide bonds. The van der Waals surface area contributed by atoms with Crippen molar-refractivity contribution in [3.63, 3.8) is 0 Å². The lowest BCUT2D eigenvalue weighted by Gasteiger charge is -2.19. The van der Waals surface area contributed by atoms with Crippen LogP contribution in [-0.2, 0) is 4.74 Å². The molecule has 0 radical (unpaired) electrons. The van der Waals surface area contributed by atoms with Gasteiger partial charge in [0.1, 0.15) is 11.4 Å². The minimum Gasteiger partial charge on any atom is -0.444 e. The fourth-order valence-electron chi connectivity index (χ4n) is 0.973. The Balaban J connectivity index is 2.63. The fraction of sp³-hybridized carbons (Fsp3) is 0.444. The minimum absolute atomic E-state index is 0.436. The van der Waals surface area contributed by atoms with E-state index in [-0.39, 0.29) is 0 Å². The number of hydrogen-bond acceptors (Lipinski definition) is 4. The highest BCUT2D eigenvalue weighted by Crippen LogP contribution is 2.22. The van der Waals surface area contributed by atoms with E-state index < -0.39 is 11.7 Å². The lowest BCUT2D eigenvalue weighted by molar-refractivity contribution is 0.0635. The van der Waals surface area contributed by atoms with E-state index in [4.69, 9.17) is 10.5 Å². The van der Waals surface area contributed by atoms with Gasteiger partial charge >= 0.3 is 6.09 Å². The van der Waals surface area contributed by atoms with Crippen molar-refractivity contribution in [1.29, 1.82) is 0 Å². The van der Waals surface area contributed by atoms with E-state index in [1.165, 1.54) is 0 Å². The van der Waals surface area contributed by atoms with Crippen LogP contribution in [0.5, 0.6) is 0 Å². The molecule has 84 valence electrons. The van der Waals surface area contributed by atoms with Crippen LogP contribution in [0.4, 0.5) is 16.3 Å². The molecule has 6 heteroatoms. The molecule has 0 aliphatic rings. The minimum atomic E-state index is -0.531. The standard InChI is InChI=1S/C9H15N3O2S/c1-9(2,3)14-8(13)11-5-4-6(10)12-7(5)15/h4,12,15H,10H2,1-3H3,(H,11,13). The van der Waals surface area contributed by atoms with Crippen molar-refractivity contribution in [3.05, 3.63) is 6.07 Å². The van der Waals surface area contributed by atoms with Crippen LogP contribution in [0.15, 0.2) is 11.1 Å². The largest absolute Gasteiger partial charge is 0.444 e. The zero-order valence-corrected chi connectivity index (χ0v) is 9.81. The number of carbonyl (C=O) groups is 1. The summed E-state index contributed by atoms with van der Waals surface area (Å²) in [4.78, 5) is 14.1. The van der Waals surface area contributed by atoms with Crippen molar-refractivity contribution < 1.29 is 9.53 Å². The fourth-order valence-corrected chi connectivity index (χ4v) is 1.22. The molecule has 0 bridgehead atoms. The topological polar surface area (TPSA) is 80.1 Å². The van der Waals surface area contributed by atoms with E-state index >= 15 is 0 Å². The highest BCUT2D eigenvalue weighted by Gasteiger charge is 2.17. The molecule has 0 saturated heterocycles. The molecule has 5 nitrogen and oxygen atoms in total. The summed E-state index contributed by atoms with van der Waals surface area (Å²) >= 11 is 4.10. The molecule has 0 atom stereocenters. The zero-order valence-electron chi connectivity index (χ0n) is 8.92. The number of H-pyrrole nitrogens is 1. The van der Waals surface area contributed by atoms with Gasteiger partial charge < -0.3 is 15.5 Å². The molecule has 1 rings (SSSR count). The number of rotatable bonds is 1. The van der Waals surface area contributed by atoms with Crippen molar-refractivity contribution >= 4 is 30.2 Å². The first-order valence-electron chi connectivity index (χ1n) is 4.45. The third-order valence-corrected chi connectivity index (χ3v) is 1.81. The third kappa shape index (κ3) is 3.75. The van der Waals surface area contributed by atoms with Gasteiger partial charge in [-0.2, -0.15) is 0 Å². The molecule has 0 fully saturated rings. The Bertz CT molecular complexity index is 368. The third-order valence-electron chi connectivity index (χ3n) is 1.45. The van der Waals surface area contributed by atoms with Crippen LogP contribution in [0.25, 0.3) is 0 Å². The van der Waals surface area contributed by atoms with Gasteiger partial charge in [0.05, 0.1) is 10.7 Å². The van der Waals surface area contributed by atoms with Gasteiger partial charge in [-0.05, 0) is 20.8 Å². The first-order chi connectivity index (χ1) is 6.78. The summed E-state index contributed by atoms with van der Waals surface area (Å²) in [6.07, 6.45) is -0.531. The molecule has 0 aliphatic carbocycles. The number of hydrogen-bond donors (Lipinski definition) is 4. The lowest BCUT2D eigenvalue weighted by atomic mass is 10.2. The van der Waals surface area contributed by atoms with E-state index in [9.17, 15) is 4.79 Å². The summed E-state index contributed by atoms with van der Waals surface area (Å²) in [6.45, 7) is 5.37. The van der Waals surface area contributed by atoms with E-state index in [1.807, 2.05) is 0 Å². The summed E-state index contributed by atoms with van der Waals surface area (Å²) in [6, 6.07) is 1.58. The van der Waals surface area contributed by atoms with Crippen LogP contribution >= 0.6 is 12.6 Å². The number of amides is 1. The molecular formula is C9H15N3O2S. The molecular weight excluding hydrogens is 214 g/mol. The maximum atomic E-state index is 11.4. The molecule has 1 aromatic rings. The molecule has 1 aromatic heterocycles. The van der Waals surface area contributed by atoms with Crippen LogP contribution in [0, 0.1) is 0 Å². The van der Waals surface area contributed by atoms with Gasteiger partial charge in [0.25, 0.3) is 0 Å². The summed E-state index contributed by atoms with van der Waals surface area (Å²) in [5, 5.41) is 3.04. The highest BCUT2D eigenvalue weighted by molar-refractivity contribution is 7.80. The summed E-state index contributed by atoms with van der Waals surface area (Å²) in [5.74, 6) is 0.436. The number of nitrogen functional groups attached to an aromatic ring is 1. The second-order valence-electron chi connectivity index (χ2n) is 4.11. The molecule has 0 spiro atoms. The second kappa shape index (κ2) is 4.06. The SMILES string of the molecule is CC(C)(C)OC(=O)Nc1cc(N)[nH]c1S. The first kappa shape index (κ1) is 11.8.